The highest BCUT2D eigenvalue weighted by Gasteiger charge is 2.33. The van der Waals surface area contributed by atoms with Crippen molar-refractivity contribution in [1.29, 1.82) is 0 Å². The molecular weight excluding hydrogens is 508 g/mol. The van der Waals surface area contributed by atoms with E-state index in [1.165, 1.54) is 13.0 Å². The molecule has 0 amide bonds. The lowest BCUT2D eigenvalue weighted by atomic mass is 10.2. The van der Waals surface area contributed by atoms with Crippen molar-refractivity contribution in [2.24, 2.45) is 7.05 Å². The molecule has 1 aromatic carbocycles. The van der Waals surface area contributed by atoms with Crippen molar-refractivity contribution >= 4 is 49.1 Å². The van der Waals surface area contributed by atoms with Gasteiger partial charge in [-0.25, -0.2) is 18.4 Å². The number of anilines is 1. The second-order valence-corrected chi connectivity index (χ2v) is 9.44. The zero-order valence-electron chi connectivity index (χ0n) is 15.1. The number of aromatic nitrogens is 3. The van der Waals surface area contributed by atoms with E-state index in [0.717, 1.165) is 15.8 Å². The lowest BCUT2D eigenvalue weighted by molar-refractivity contribution is -0.141. The maximum absolute atomic E-state index is 13.0. The molecule has 0 spiro atoms. The van der Waals surface area contributed by atoms with Gasteiger partial charge in [-0.15, -0.1) is 0 Å². The number of fused-ring (bicyclic) bond motifs is 1. The minimum absolute atomic E-state index is 0.0715. The molecule has 2 aromatic heterocycles. The van der Waals surface area contributed by atoms with Gasteiger partial charge in [-0.05, 0) is 40.8 Å². The maximum atomic E-state index is 13.0. The molecule has 150 valence electrons. The fraction of sp³-hybridized carbons (Fsp3) is 0.294. The fourth-order valence-electron chi connectivity index (χ4n) is 2.82. The van der Waals surface area contributed by atoms with E-state index < -0.39 is 21.7 Å². The summed E-state index contributed by atoms with van der Waals surface area (Å²) >= 11 is 2.06. The van der Waals surface area contributed by atoms with Crippen LogP contribution in [0.4, 0.5) is 18.9 Å². The van der Waals surface area contributed by atoms with Gasteiger partial charge in [0, 0.05) is 28.9 Å². The number of nitrogens with zero attached hydrogens (tertiary/aromatic N) is 3. The summed E-state index contributed by atoms with van der Waals surface area (Å²) in [5, 5.41) is 2.94. The van der Waals surface area contributed by atoms with Crippen LogP contribution in [0.5, 0.6) is 0 Å². The van der Waals surface area contributed by atoms with E-state index in [0.29, 0.717) is 16.8 Å². The molecule has 0 aliphatic carbocycles. The van der Waals surface area contributed by atoms with Gasteiger partial charge >= 0.3 is 6.18 Å². The lowest BCUT2D eigenvalue weighted by Crippen LogP contribution is -2.09. The number of alkyl halides is 3. The van der Waals surface area contributed by atoms with Crippen LogP contribution >= 0.6 is 22.6 Å². The quantitative estimate of drug-likeness (QED) is 0.521. The maximum Gasteiger partial charge on any atom is 0.433 e. The van der Waals surface area contributed by atoms with Crippen molar-refractivity contribution < 1.29 is 21.6 Å². The van der Waals surface area contributed by atoms with Crippen molar-refractivity contribution in [1.82, 2.24) is 14.5 Å². The Hall–Kier alpha value is -1.89. The molecule has 0 atom stereocenters. The summed E-state index contributed by atoms with van der Waals surface area (Å²) in [5.74, 6) is 0.136. The zero-order chi connectivity index (χ0) is 20.9. The van der Waals surface area contributed by atoms with Crippen LogP contribution in [-0.4, -0.2) is 35.8 Å². The number of rotatable bonds is 4. The third-order valence-corrected chi connectivity index (χ3v) is 7.01. The number of halogens is 4. The normalized spacial score (nSPS) is 12.5. The largest absolute Gasteiger partial charge is 0.433 e. The summed E-state index contributed by atoms with van der Waals surface area (Å²) in [4.78, 5) is 7.83. The number of hydrogen-bond acceptors (Lipinski definition) is 5. The summed E-state index contributed by atoms with van der Waals surface area (Å²) in [6.45, 7) is 1.53. The fourth-order valence-corrected chi connectivity index (χ4v) is 4.65. The third kappa shape index (κ3) is 3.56. The minimum Gasteiger partial charge on any atom is -0.387 e. The van der Waals surface area contributed by atoms with Crippen molar-refractivity contribution in [2.45, 2.75) is 18.0 Å². The second-order valence-electron chi connectivity index (χ2n) is 6.03. The van der Waals surface area contributed by atoms with Gasteiger partial charge in [0.25, 0.3) is 0 Å². The van der Waals surface area contributed by atoms with E-state index in [9.17, 15) is 21.6 Å². The van der Waals surface area contributed by atoms with Gasteiger partial charge in [0.15, 0.2) is 9.84 Å². The molecule has 0 saturated carbocycles. The molecule has 1 N–H and O–H groups in total. The number of imidazole rings is 1. The zero-order valence-corrected chi connectivity index (χ0v) is 18.1. The third-order valence-electron chi connectivity index (χ3n) is 4.35. The molecule has 0 aliphatic rings. The predicted octanol–water partition coefficient (Wildman–Crippen LogP) is 4.09. The molecule has 0 unspecified atom stereocenters. The van der Waals surface area contributed by atoms with Crippen LogP contribution in [-0.2, 0) is 23.1 Å². The van der Waals surface area contributed by atoms with E-state index in [1.807, 2.05) is 0 Å². The van der Waals surface area contributed by atoms with Crippen molar-refractivity contribution in [3.05, 3.63) is 33.7 Å². The Kier molecular flexibility index (Phi) is 5.34. The number of nitrogens with one attached hydrogen (secondary N) is 1. The number of benzene rings is 1. The van der Waals surface area contributed by atoms with Gasteiger partial charge in [0.05, 0.1) is 27.9 Å². The van der Waals surface area contributed by atoms with Crippen molar-refractivity contribution in [2.75, 3.05) is 18.1 Å². The van der Waals surface area contributed by atoms with E-state index >= 15 is 0 Å². The highest BCUT2D eigenvalue weighted by atomic mass is 127. The van der Waals surface area contributed by atoms with Crippen molar-refractivity contribution in [3.8, 4) is 11.4 Å². The average Bonchev–Trinajstić information content (AvgIpc) is 2.96. The van der Waals surface area contributed by atoms with Crippen LogP contribution in [0.25, 0.3) is 22.4 Å². The Morgan fingerprint density at radius 1 is 1.25 bits per heavy atom. The van der Waals surface area contributed by atoms with E-state index in [2.05, 4.69) is 37.9 Å². The van der Waals surface area contributed by atoms with Crippen LogP contribution in [0.15, 0.2) is 29.3 Å². The summed E-state index contributed by atoms with van der Waals surface area (Å²) in [7, 11) is -0.313. The molecule has 11 heteroatoms. The highest BCUT2D eigenvalue weighted by Crippen LogP contribution is 2.36. The van der Waals surface area contributed by atoms with E-state index in [4.69, 9.17) is 0 Å². The van der Waals surface area contributed by atoms with Gasteiger partial charge in [0.2, 0.25) is 0 Å². The number of hydrogen-bond donors (Lipinski definition) is 1. The van der Waals surface area contributed by atoms with Gasteiger partial charge < -0.3 is 9.88 Å². The molecule has 0 bridgehead atoms. The Morgan fingerprint density at radius 2 is 1.93 bits per heavy atom. The van der Waals surface area contributed by atoms with Crippen molar-refractivity contribution in [3.63, 3.8) is 0 Å². The molecule has 3 aromatic rings. The first kappa shape index (κ1) is 20.8. The predicted molar refractivity (Wildman–Crippen MR) is 109 cm³/mol. The van der Waals surface area contributed by atoms with Crippen LogP contribution in [0.3, 0.4) is 0 Å². The molecule has 6 nitrogen and oxygen atoms in total. The van der Waals surface area contributed by atoms with Gasteiger partial charge in [-0.2, -0.15) is 13.2 Å². The summed E-state index contributed by atoms with van der Waals surface area (Å²) in [5.41, 5.74) is 0.378. The van der Waals surface area contributed by atoms with Crippen LogP contribution in [0, 0.1) is 3.57 Å². The van der Waals surface area contributed by atoms with Crippen LogP contribution in [0.1, 0.15) is 12.6 Å². The second kappa shape index (κ2) is 7.17. The summed E-state index contributed by atoms with van der Waals surface area (Å²) < 4.78 is 66.5. The van der Waals surface area contributed by atoms with Crippen LogP contribution in [0.2, 0.25) is 0 Å². The smallest absolute Gasteiger partial charge is 0.387 e. The number of pyridine rings is 1. The first-order chi connectivity index (χ1) is 13.0. The molecule has 28 heavy (non-hydrogen) atoms. The van der Waals surface area contributed by atoms with Gasteiger partial charge in [-0.1, -0.05) is 6.92 Å². The molecule has 0 saturated heterocycles. The van der Waals surface area contributed by atoms with Crippen LogP contribution < -0.4 is 5.32 Å². The molecule has 0 radical (unpaired) electrons. The molecule has 0 aliphatic heterocycles. The van der Waals surface area contributed by atoms with Gasteiger partial charge in [-0.3, -0.25) is 0 Å². The number of aryl methyl sites for hydroxylation is 1. The number of sulfone groups is 1. The topological polar surface area (TPSA) is 76.9 Å². The minimum atomic E-state index is -4.59. The Labute approximate surface area is 173 Å². The Morgan fingerprint density at radius 3 is 2.50 bits per heavy atom. The summed E-state index contributed by atoms with van der Waals surface area (Å²) in [6.07, 6.45) is -3.50. The molecule has 3 rings (SSSR count). The highest BCUT2D eigenvalue weighted by molar-refractivity contribution is 14.1. The van der Waals surface area contributed by atoms with E-state index in [-0.39, 0.29) is 22.0 Å². The standard InChI is InChI=1S/C17H16F3IN4O2S/c1-4-28(26,27)14-6-11(22-2)10(21)5-9(14)16-24-12-7-15(17(18,19)20)23-8-13(12)25(16)3/h5-8,22H,4H2,1-3H3. The molecule has 2 heterocycles. The van der Waals surface area contributed by atoms with E-state index in [1.54, 1.807) is 24.7 Å². The SMILES string of the molecule is CCS(=O)(=O)c1cc(NC)c(I)cc1-c1nc2cc(C(F)(F)F)ncc2n1C. The lowest BCUT2D eigenvalue weighted by Gasteiger charge is -2.13. The molecule has 0 fully saturated rings. The Balaban J connectivity index is 2.33. The first-order valence-corrected chi connectivity index (χ1v) is 10.9. The Bertz CT molecular complexity index is 1170. The molecular formula is C17H16F3IN4O2S. The average molecular weight is 524 g/mol. The van der Waals surface area contributed by atoms with Gasteiger partial charge in [0.1, 0.15) is 11.5 Å². The first-order valence-electron chi connectivity index (χ1n) is 8.13. The summed E-state index contributed by atoms with van der Waals surface area (Å²) in [6, 6.07) is 4.04. The monoisotopic (exact) mass is 524 g/mol.